The molecule has 2 aromatic carbocycles. The number of hydrazine groups is 1. The van der Waals surface area contributed by atoms with Crippen LogP contribution in [-0.2, 0) is 6.54 Å². The van der Waals surface area contributed by atoms with Gasteiger partial charge in [-0.05, 0) is 30.3 Å². The van der Waals surface area contributed by atoms with E-state index < -0.39 is 6.36 Å². The number of alkyl halides is 3. The lowest BCUT2D eigenvalue weighted by atomic mass is 10.2. The molecule has 0 aliphatic rings. The molecule has 4 nitrogen and oxygen atoms in total. The molecule has 0 atom stereocenters. The third kappa shape index (κ3) is 4.88. The number of benzene rings is 2. The van der Waals surface area contributed by atoms with Crippen molar-refractivity contribution in [3.8, 4) is 11.5 Å². The first-order valence-electron chi connectivity index (χ1n) is 6.05. The molecule has 0 amide bonds. The number of aromatic hydroxyl groups is 1. The zero-order chi connectivity index (χ0) is 15.3. The van der Waals surface area contributed by atoms with Gasteiger partial charge in [-0.2, -0.15) is 0 Å². The molecule has 0 unspecified atom stereocenters. The third-order valence-corrected chi connectivity index (χ3v) is 2.57. The van der Waals surface area contributed by atoms with Crippen molar-refractivity contribution in [2.45, 2.75) is 12.9 Å². The summed E-state index contributed by atoms with van der Waals surface area (Å²) < 4.78 is 40.2. The molecule has 2 aromatic rings. The lowest BCUT2D eigenvalue weighted by Crippen LogP contribution is -2.21. The van der Waals surface area contributed by atoms with Gasteiger partial charge in [0, 0.05) is 17.8 Å². The highest BCUT2D eigenvalue weighted by Crippen LogP contribution is 2.27. The van der Waals surface area contributed by atoms with Crippen LogP contribution in [0.15, 0.2) is 48.5 Å². The lowest BCUT2D eigenvalue weighted by Gasteiger charge is -2.12. The summed E-state index contributed by atoms with van der Waals surface area (Å²) in [6.45, 7) is 0.121. The number of para-hydroxylation sites is 1. The minimum absolute atomic E-state index is 0.119. The summed E-state index contributed by atoms with van der Waals surface area (Å²) in [6.07, 6.45) is -4.76. The van der Waals surface area contributed by atoms with Crippen molar-refractivity contribution in [1.29, 1.82) is 0 Å². The van der Waals surface area contributed by atoms with E-state index in [0.29, 0.717) is 0 Å². The number of nitrogens with one attached hydrogen (secondary N) is 2. The van der Waals surface area contributed by atoms with Gasteiger partial charge in [0.05, 0.1) is 0 Å². The molecular weight excluding hydrogens is 285 g/mol. The molecular formula is C14H13F3N2O2. The first-order valence-corrected chi connectivity index (χ1v) is 6.05. The van der Waals surface area contributed by atoms with Gasteiger partial charge in [0.1, 0.15) is 11.5 Å². The van der Waals surface area contributed by atoms with Crippen LogP contribution < -0.4 is 15.6 Å². The molecule has 0 heterocycles. The highest BCUT2D eigenvalue weighted by atomic mass is 19.4. The van der Waals surface area contributed by atoms with Crippen molar-refractivity contribution < 1.29 is 23.0 Å². The standard InChI is InChI=1S/C14H13F3N2O2/c15-14(16,17)21-12-6-7-13(20)10(8-12)9-18-19-11-4-2-1-3-5-11/h1-8,18-20H,9H2. The van der Waals surface area contributed by atoms with Crippen LogP contribution in [-0.4, -0.2) is 11.5 Å². The van der Waals surface area contributed by atoms with Gasteiger partial charge in [-0.3, -0.25) is 0 Å². The lowest BCUT2D eigenvalue weighted by molar-refractivity contribution is -0.274. The first-order chi connectivity index (χ1) is 9.94. The summed E-state index contributed by atoms with van der Waals surface area (Å²) in [5.74, 6) is -0.497. The Balaban J connectivity index is 1.97. The number of halogens is 3. The molecule has 3 N–H and O–H groups in total. The summed E-state index contributed by atoms with van der Waals surface area (Å²) >= 11 is 0. The maximum Gasteiger partial charge on any atom is 0.573 e. The van der Waals surface area contributed by atoms with Gasteiger partial charge in [-0.15, -0.1) is 13.2 Å². The van der Waals surface area contributed by atoms with Crippen molar-refractivity contribution >= 4 is 5.69 Å². The van der Waals surface area contributed by atoms with E-state index in [1.165, 1.54) is 0 Å². The van der Waals surface area contributed by atoms with Crippen LogP contribution in [0.2, 0.25) is 0 Å². The van der Waals surface area contributed by atoms with Crippen LogP contribution in [0.4, 0.5) is 18.9 Å². The van der Waals surface area contributed by atoms with Crippen LogP contribution in [0.1, 0.15) is 5.56 Å². The molecule has 0 radical (unpaired) electrons. The van der Waals surface area contributed by atoms with Crippen molar-refractivity contribution in [3.63, 3.8) is 0 Å². The fourth-order valence-corrected chi connectivity index (χ4v) is 1.66. The highest BCUT2D eigenvalue weighted by molar-refractivity contribution is 5.42. The zero-order valence-corrected chi connectivity index (χ0v) is 10.8. The van der Waals surface area contributed by atoms with E-state index in [2.05, 4.69) is 15.6 Å². The van der Waals surface area contributed by atoms with Crippen molar-refractivity contribution in [2.24, 2.45) is 0 Å². The number of hydrogen-bond donors (Lipinski definition) is 3. The van der Waals surface area contributed by atoms with Gasteiger partial charge in [0.25, 0.3) is 0 Å². The van der Waals surface area contributed by atoms with Crippen LogP contribution in [0, 0.1) is 0 Å². The first kappa shape index (κ1) is 15.0. The number of anilines is 1. The average Bonchev–Trinajstić information content (AvgIpc) is 2.42. The fraction of sp³-hybridized carbons (Fsp3) is 0.143. The largest absolute Gasteiger partial charge is 0.573 e. The maximum atomic E-state index is 12.1. The predicted octanol–water partition coefficient (Wildman–Crippen LogP) is 3.41. The summed E-state index contributed by atoms with van der Waals surface area (Å²) in [5.41, 5.74) is 6.74. The molecule has 0 aromatic heterocycles. The molecule has 112 valence electrons. The quantitative estimate of drug-likeness (QED) is 0.740. The normalized spacial score (nSPS) is 11.2. The molecule has 0 bridgehead atoms. The molecule has 0 spiro atoms. The minimum atomic E-state index is -4.76. The Kier molecular flexibility index (Phi) is 4.54. The van der Waals surface area contributed by atoms with E-state index in [-0.39, 0.29) is 23.6 Å². The number of phenols is 1. The fourth-order valence-electron chi connectivity index (χ4n) is 1.66. The Labute approximate surface area is 119 Å². The van der Waals surface area contributed by atoms with Gasteiger partial charge in [-0.25, -0.2) is 5.43 Å². The SMILES string of the molecule is Oc1ccc(OC(F)(F)F)cc1CNNc1ccccc1. The summed E-state index contributed by atoms with van der Waals surface area (Å²) in [7, 11) is 0. The molecule has 0 aliphatic carbocycles. The molecule has 0 saturated heterocycles. The molecule has 0 saturated carbocycles. The van der Waals surface area contributed by atoms with E-state index >= 15 is 0 Å². The Morgan fingerprint density at radius 3 is 2.43 bits per heavy atom. The highest BCUT2D eigenvalue weighted by Gasteiger charge is 2.31. The number of hydrogen-bond acceptors (Lipinski definition) is 4. The summed E-state index contributed by atoms with van der Waals surface area (Å²) in [4.78, 5) is 0. The van der Waals surface area contributed by atoms with Gasteiger partial charge in [-0.1, -0.05) is 18.2 Å². The number of phenolic OH excluding ortho intramolecular Hbond substituents is 1. The van der Waals surface area contributed by atoms with Crippen LogP contribution in [0.5, 0.6) is 11.5 Å². The van der Waals surface area contributed by atoms with Crippen molar-refractivity contribution in [3.05, 3.63) is 54.1 Å². The van der Waals surface area contributed by atoms with Crippen LogP contribution >= 0.6 is 0 Å². The van der Waals surface area contributed by atoms with Crippen LogP contribution in [0.3, 0.4) is 0 Å². The molecule has 21 heavy (non-hydrogen) atoms. The maximum absolute atomic E-state index is 12.1. The molecule has 2 rings (SSSR count). The summed E-state index contributed by atoms with van der Waals surface area (Å²) in [6, 6.07) is 12.5. The molecule has 0 aliphatic heterocycles. The van der Waals surface area contributed by atoms with E-state index in [4.69, 9.17) is 0 Å². The Bertz CT molecular complexity index is 589. The smallest absolute Gasteiger partial charge is 0.508 e. The summed E-state index contributed by atoms with van der Waals surface area (Å²) in [5, 5.41) is 9.63. The second-order valence-corrected chi connectivity index (χ2v) is 4.18. The second-order valence-electron chi connectivity index (χ2n) is 4.18. The Hall–Kier alpha value is -2.41. The predicted molar refractivity (Wildman–Crippen MR) is 71.7 cm³/mol. The van der Waals surface area contributed by atoms with E-state index in [0.717, 1.165) is 23.9 Å². The van der Waals surface area contributed by atoms with Crippen molar-refractivity contribution in [1.82, 2.24) is 5.43 Å². The van der Waals surface area contributed by atoms with Crippen molar-refractivity contribution in [2.75, 3.05) is 5.43 Å². The van der Waals surface area contributed by atoms with Gasteiger partial charge in [0.2, 0.25) is 0 Å². The van der Waals surface area contributed by atoms with Gasteiger partial charge >= 0.3 is 6.36 Å². The topological polar surface area (TPSA) is 53.5 Å². The zero-order valence-electron chi connectivity index (χ0n) is 10.8. The monoisotopic (exact) mass is 298 g/mol. The Morgan fingerprint density at radius 1 is 1.05 bits per heavy atom. The minimum Gasteiger partial charge on any atom is -0.508 e. The van der Waals surface area contributed by atoms with Crippen LogP contribution in [0.25, 0.3) is 0 Å². The third-order valence-electron chi connectivity index (χ3n) is 2.57. The Morgan fingerprint density at radius 2 is 1.76 bits per heavy atom. The van der Waals surface area contributed by atoms with Gasteiger partial charge < -0.3 is 15.3 Å². The van der Waals surface area contributed by atoms with E-state index in [1.54, 1.807) is 0 Å². The van der Waals surface area contributed by atoms with E-state index in [9.17, 15) is 18.3 Å². The molecule has 7 heteroatoms. The van der Waals surface area contributed by atoms with Gasteiger partial charge in [0.15, 0.2) is 0 Å². The average molecular weight is 298 g/mol. The second kappa shape index (κ2) is 6.36. The molecule has 0 fully saturated rings. The number of ether oxygens (including phenoxy) is 1. The van der Waals surface area contributed by atoms with E-state index in [1.807, 2.05) is 30.3 Å². The number of rotatable bonds is 5.